The Morgan fingerprint density at radius 3 is 1.35 bits per heavy atom. The predicted molar refractivity (Wildman–Crippen MR) is 229 cm³/mol. The first-order chi connectivity index (χ1) is 26.5. The minimum atomic E-state index is -4.37. The van der Waals surface area contributed by atoms with Gasteiger partial charge < -0.3 is 18.9 Å². The van der Waals surface area contributed by atoms with E-state index >= 15 is 0 Å². The molecule has 0 bridgehead atoms. The van der Waals surface area contributed by atoms with Gasteiger partial charge in [0, 0.05) is 12.8 Å². The summed E-state index contributed by atoms with van der Waals surface area (Å²) in [6, 6.07) is 0. The molecule has 0 aliphatic rings. The molecule has 0 heterocycles. The van der Waals surface area contributed by atoms with Crippen molar-refractivity contribution < 1.29 is 42.1 Å². The van der Waals surface area contributed by atoms with Gasteiger partial charge in [-0.2, -0.15) is 0 Å². The van der Waals surface area contributed by atoms with Crippen LogP contribution in [0.5, 0.6) is 0 Å². The number of rotatable bonds is 42. The van der Waals surface area contributed by atoms with E-state index in [9.17, 15) is 19.0 Å². The number of hydrogen-bond acceptors (Lipinski definition) is 7. The summed E-state index contributed by atoms with van der Waals surface area (Å²) in [6.07, 6.45) is 39.7. The van der Waals surface area contributed by atoms with Gasteiger partial charge in [-0.25, -0.2) is 4.57 Å². The van der Waals surface area contributed by atoms with Crippen LogP contribution in [0, 0.1) is 0 Å². The molecule has 0 fully saturated rings. The number of likely N-dealkylation sites (N-methyl/N-ethyl adjacent to an activating group) is 1. The van der Waals surface area contributed by atoms with E-state index in [2.05, 4.69) is 26.0 Å². The number of carbonyl (C=O) groups is 2. The highest BCUT2D eigenvalue weighted by atomic mass is 31.2. The number of ether oxygens (including phenoxy) is 2. The molecular weight excluding hydrogens is 713 g/mol. The van der Waals surface area contributed by atoms with E-state index in [4.69, 9.17) is 18.5 Å². The van der Waals surface area contributed by atoms with Gasteiger partial charge in [0.25, 0.3) is 0 Å². The van der Waals surface area contributed by atoms with E-state index in [1.54, 1.807) is 0 Å². The molecule has 1 unspecified atom stereocenters. The van der Waals surface area contributed by atoms with Crippen molar-refractivity contribution in [1.29, 1.82) is 0 Å². The average Bonchev–Trinajstić information content (AvgIpc) is 3.13. The van der Waals surface area contributed by atoms with Crippen molar-refractivity contribution in [2.45, 2.75) is 219 Å². The Kier molecular flexibility index (Phi) is 37.4. The van der Waals surface area contributed by atoms with Crippen LogP contribution in [0.2, 0.25) is 0 Å². The standard InChI is InChI=1S/C45H88NO8P/c1-6-8-10-12-14-16-18-20-21-22-23-24-25-26-28-30-32-34-36-38-45(48)54-43(42-53-55(49,50)52-40-39-46(3,4)5)41-51-44(47)37-35-33-31-29-27-19-17-15-13-11-9-7-2/h20-21,43H,6-19,22-42H2,1-5H3/p+1/b21-20+/t43-/m1/s1. The molecule has 0 aliphatic carbocycles. The van der Waals surface area contributed by atoms with Gasteiger partial charge in [0.2, 0.25) is 0 Å². The van der Waals surface area contributed by atoms with Crippen LogP contribution in [0.4, 0.5) is 0 Å². The Bertz CT molecular complexity index is 954. The van der Waals surface area contributed by atoms with Crippen LogP contribution in [-0.4, -0.2) is 74.9 Å². The van der Waals surface area contributed by atoms with Crippen LogP contribution in [0.15, 0.2) is 12.2 Å². The van der Waals surface area contributed by atoms with Crippen molar-refractivity contribution in [2.24, 2.45) is 0 Å². The van der Waals surface area contributed by atoms with Gasteiger partial charge in [-0.05, 0) is 38.5 Å². The summed E-state index contributed by atoms with van der Waals surface area (Å²) in [5.74, 6) is -0.791. The second-order valence-electron chi connectivity index (χ2n) is 16.8. The minimum Gasteiger partial charge on any atom is -0.462 e. The highest BCUT2D eigenvalue weighted by Gasteiger charge is 2.27. The molecule has 0 aromatic rings. The molecule has 0 amide bonds. The zero-order chi connectivity index (χ0) is 40.7. The first-order valence-electron chi connectivity index (χ1n) is 22.9. The second kappa shape index (κ2) is 38.3. The molecule has 0 radical (unpaired) electrons. The van der Waals surface area contributed by atoms with E-state index < -0.39 is 26.5 Å². The zero-order valence-electron chi connectivity index (χ0n) is 36.7. The maximum atomic E-state index is 12.7. The highest BCUT2D eigenvalue weighted by Crippen LogP contribution is 2.43. The molecule has 326 valence electrons. The summed E-state index contributed by atoms with van der Waals surface area (Å²) < 4.78 is 34.3. The van der Waals surface area contributed by atoms with Crippen LogP contribution in [-0.2, 0) is 32.7 Å². The average molecular weight is 803 g/mol. The summed E-state index contributed by atoms with van der Waals surface area (Å²) >= 11 is 0. The minimum absolute atomic E-state index is 0.0345. The topological polar surface area (TPSA) is 108 Å². The number of carbonyl (C=O) groups excluding carboxylic acids is 2. The Morgan fingerprint density at radius 1 is 0.545 bits per heavy atom. The number of unbranched alkanes of at least 4 members (excludes halogenated alkanes) is 26. The fraction of sp³-hybridized carbons (Fsp3) is 0.911. The third-order valence-electron chi connectivity index (χ3n) is 10.0. The van der Waals surface area contributed by atoms with Gasteiger partial charge in [-0.1, -0.05) is 174 Å². The van der Waals surface area contributed by atoms with E-state index in [1.807, 2.05) is 21.1 Å². The number of quaternary nitrogens is 1. The van der Waals surface area contributed by atoms with Crippen molar-refractivity contribution in [3.8, 4) is 0 Å². The zero-order valence-corrected chi connectivity index (χ0v) is 37.6. The van der Waals surface area contributed by atoms with Crippen molar-refractivity contribution in [2.75, 3.05) is 47.5 Å². The van der Waals surface area contributed by atoms with Crippen molar-refractivity contribution >= 4 is 19.8 Å². The van der Waals surface area contributed by atoms with Crippen LogP contribution < -0.4 is 0 Å². The SMILES string of the molecule is CCCCCCCC/C=C/CCCCCCCCCCCC(=O)O[C@H](COC(=O)CCCCCCCCCCCCCC)COP(=O)(O)OCC[N+](C)(C)C. The van der Waals surface area contributed by atoms with Crippen molar-refractivity contribution in [3.63, 3.8) is 0 Å². The first kappa shape index (κ1) is 53.8. The summed E-state index contributed by atoms with van der Waals surface area (Å²) in [5.41, 5.74) is 0. The first-order valence-corrected chi connectivity index (χ1v) is 24.4. The fourth-order valence-electron chi connectivity index (χ4n) is 6.42. The lowest BCUT2D eigenvalue weighted by molar-refractivity contribution is -0.870. The normalized spacial score (nSPS) is 13.6. The molecule has 0 saturated heterocycles. The van der Waals surface area contributed by atoms with Crippen LogP contribution in [0.1, 0.15) is 213 Å². The van der Waals surface area contributed by atoms with Gasteiger partial charge in [0.05, 0.1) is 27.7 Å². The summed E-state index contributed by atoms with van der Waals surface area (Å²) in [5, 5.41) is 0. The van der Waals surface area contributed by atoms with Crippen LogP contribution in [0.25, 0.3) is 0 Å². The van der Waals surface area contributed by atoms with Crippen molar-refractivity contribution in [1.82, 2.24) is 0 Å². The Morgan fingerprint density at radius 2 is 0.927 bits per heavy atom. The molecule has 1 N–H and O–H groups in total. The van der Waals surface area contributed by atoms with Crippen LogP contribution in [0.3, 0.4) is 0 Å². The van der Waals surface area contributed by atoms with E-state index in [1.165, 1.54) is 148 Å². The molecule has 0 rings (SSSR count). The number of phosphoric ester groups is 1. The Balaban J connectivity index is 4.28. The lowest BCUT2D eigenvalue weighted by atomic mass is 10.0. The second-order valence-corrected chi connectivity index (χ2v) is 18.2. The maximum Gasteiger partial charge on any atom is 0.472 e. The van der Waals surface area contributed by atoms with Crippen molar-refractivity contribution in [3.05, 3.63) is 12.2 Å². The van der Waals surface area contributed by atoms with Gasteiger partial charge in [0.1, 0.15) is 19.8 Å². The Hall–Kier alpha value is -1.25. The summed E-state index contributed by atoms with van der Waals surface area (Å²) in [4.78, 5) is 35.4. The van der Waals surface area contributed by atoms with Gasteiger partial charge in [-0.15, -0.1) is 0 Å². The number of allylic oxidation sites excluding steroid dienone is 2. The smallest absolute Gasteiger partial charge is 0.462 e. The molecule has 0 aromatic heterocycles. The maximum absolute atomic E-state index is 12.7. The molecule has 0 spiro atoms. The quantitative estimate of drug-likeness (QED) is 0.0214. The van der Waals surface area contributed by atoms with Gasteiger partial charge in [0.15, 0.2) is 6.10 Å². The molecule has 9 nitrogen and oxygen atoms in total. The third kappa shape index (κ3) is 42.2. The summed E-state index contributed by atoms with van der Waals surface area (Å²) in [7, 11) is 1.49. The fourth-order valence-corrected chi connectivity index (χ4v) is 7.16. The van der Waals surface area contributed by atoms with Gasteiger partial charge >= 0.3 is 19.8 Å². The van der Waals surface area contributed by atoms with Crippen LogP contribution >= 0.6 is 7.82 Å². The number of nitrogens with zero attached hydrogens (tertiary/aromatic N) is 1. The lowest BCUT2D eigenvalue weighted by Gasteiger charge is -2.24. The van der Waals surface area contributed by atoms with E-state index in [-0.39, 0.29) is 25.6 Å². The van der Waals surface area contributed by atoms with E-state index in [0.29, 0.717) is 23.9 Å². The molecular formula is C45H89NO8P+. The molecule has 55 heavy (non-hydrogen) atoms. The highest BCUT2D eigenvalue weighted by molar-refractivity contribution is 7.47. The van der Waals surface area contributed by atoms with Gasteiger partial charge in [-0.3, -0.25) is 18.6 Å². The number of esters is 2. The third-order valence-corrected chi connectivity index (χ3v) is 11.0. The lowest BCUT2D eigenvalue weighted by Crippen LogP contribution is -2.37. The number of hydrogen-bond donors (Lipinski definition) is 1. The molecule has 0 saturated carbocycles. The molecule has 0 aromatic carbocycles. The summed E-state index contributed by atoms with van der Waals surface area (Å²) in [6.45, 7) is 4.44. The predicted octanol–water partition coefficient (Wildman–Crippen LogP) is 13.0. The molecule has 2 atom stereocenters. The Labute approximate surface area is 339 Å². The molecule has 0 aliphatic heterocycles. The largest absolute Gasteiger partial charge is 0.472 e. The number of phosphoric acid groups is 1. The molecule has 10 heteroatoms. The monoisotopic (exact) mass is 803 g/mol. The van der Waals surface area contributed by atoms with E-state index in [0.717, 1.165) is 32.1 Å².